The Hall–Kier alpha value is -3.84. The molecule has 1 aliphatic carbocycles. The van der Waals surface area contributed by atoms with Gasteiger partial charge >= 0.3 is 0 Å². The van der Waals surface area contributed by atoms with Crippen molar-refractivity contribution in [3.63, 3.8) is 0 Å². The van der Waals surface area contributed by atoms with Crippen LogP contribution < -0.4 is 14.8 Å². The minimum atomic E-state index is -1.23. The first kappa shape index (κ1) is 28.0. The van der Waals surface area contributed by atoms with Crippen LogP contribution in [0.25, 0.3) is 10.9 Å². The number of ether oxygens (including phenoxy) is 2. The van der Waals surface area contributed by atoms with Crippen molar-refractivity contribution in [3.05, 3.63) is 81.6 Å². The average molecular weight is 621 g/mol. The first-order valence-electron chi connectivity index (χ1n) is 14.2. The van der Waals surface area contributed by atoms with Crippen LogP contribution in [0.2, 0.25) is 10.0 Å². The molecule has 220 valence electrons. The molecule has 0 bridgehead atoms. The number of likely N-dealkylation sites (tertiary alicyclic amines) is 1. The number of rotatable bonds is 6. The number of nitrogens with zero attached hydrogens (tertiary/aromatic N) is 4. The number of hydrogen-bond acceptors (Lipinski definition) is 6. The van der Waals surface area contributed by atoms with Crippen LogP contribution >= 0.6 is 23.2 Å². The minimum Gasteiger partial charge on any atom is -0.495 e. The minimum absolute atomic E-state index is 0.0198. The first-order valence-corrected chi connectivity index (χ1v) is 14.9. The van der Waals surface area contributed by atoms with Crippen LogP contribution in [0.1, 0.15) is 42.9 Å². The fourth-order valence-electron chi connectivity index (χ4n) is 6.88. The number of methoxy groups -OCH3 is 1. The summed E-state index contributed by atoms with van der Waals surface area (Å²) in [5, 5.41) is 18.8. The van der Waals surface area contributed by atoms with Crippen LogP contribution in [-0.2, 0) is 4.79 Å². The number of aromatic nitrogens is 2. The third-order valence-corrected chi connectivity index (χ3v) is 9.64. The lowest BCUT2D eigenvalue weighted by atomic mass is 9.77. The van der Waals surface area contributed by atoms with Crippen molar-refractivity contribution in [3.8, 4) is 17.7 Å². The van der Waals surface area contributed by atoms with Crippen LogP contribution in [0.15, 0.2) is 54.6 Å². The Kier molecular flexibility index (Phi) is 6.77. The molecule has 4 atom stereocenters. The summed E-state index contributed by atoms with van der Waals surface area (Å²) in [6, 6.07) is 16.6. The number of halogens is 3. The number of benzene rings is 3. The molecule has 4 aromatic rings. The number of nitriles is 1. The highest BCUT2D eigenvalue weighted by atomic mass is 35.5. The van der Waals surface area contributed by atoms with E-state index in [0.717, 1.165) is 12.8 Å². The fourth-order valence-corrected chi connectivity index (χ4v) is 7.25. The van der Waals surface area contributed by atoms with Gasteiger partial charge in [-0.1, -0.05) is 41.4 Å². The first-order chi connectivity index (χ1) is 20.7. The van der Waals surface area contributed by atoms with E-state index in [0.29, 0.717) is 56.8 Å². The Labute approximate surface area is 257 Å². The van der Waals surface area contributed by atoms with E-state index >= 15 is 4.39 Å². The summed E-state index contributed by atoms with van der Waals surface area (Å²) in [6.45, 7) is 2.77. The average Bonchev–Trinajstić information content (AvgIpc) is 3.69. The Balaban J connectivity index is 1.44. The van der Waals surface area contributed by atoms with Gasteiger partial charge in [0.2, 0.25) is 11.8 Å². The largest absolute Gasteiger partial charge is 0.495 e. The normalized spacial score (nSPS) is 24.6. The third kappa shape index (κ3) is 4.43. The summed E-state index contributed by atoms with van der Waals surface area (Å²) in [6.07, 6.45) is 2.12. The van der Waals surface area contributed by atoms with E-state index in [1.165, 1.54) is 13.2 Å². The monoisotopic (exact) mass is 619 g/mol. The highest BCUT2D eigenvalue weighted by Gasteiger charge is 2.64. The SMILES string of the molecule is COc1cc2nn3c(c2cc1C#N)OC[C@H]1[C@@H]3[C@H](c2cccc(Cl)c2F)[C@](C)(C(=O)Nc2cccc(Cl)c2)N1CC1CC1. The molecule has 7 rings (SSSR count). The molecule has 0 unspecified atom stereocenters. The van der Waals surface area contributed by atoms with E-state index in [1.807, 2.05) is 6.92 Å². The van der Waals surface area contributed by atoms with E-state index in [1.54, 1.807) is 53.2 Å². The van der Waals surface area contributed by atoms with Crippen molar-refractivity contribution < 1.29 is 18.7 Å². The summed E-state index contributed by atoms with van der Waals surface area (Å²) in [4.78, 5) is 16.7. The van der Waals surface area contributed by atoms with Crippen molar-refractivity contribution in [2.45, 2.75) is 43.3 Å². The number of anilines is 1. The van der Waals surface area contributed by atoms with Crippen LogP contribution in [0.4, 0.5) is 10.1 Å². The van der Waals surface area contributed by atoms with Crippen LogP contribution in [0.5, 0.6) is 11.6 Å². The lowest BCUT2D eigenvalue weighted by Gasteiger charge is -2.39. The number of amides is 1. The molecule has 11 heteroatoms. The maximum Gasteiger partial charge on any atom is 0.245 e. The molecular formula is C32H28Cl2FN5O3. The van der Waals surface area contributed by atoms with Crippen molar-refractivity contribution >= 4 is 45.7 Å². The van der Waals surface area contributed by atoms with Crippen LogP contribution in [0.3, 0.4) is 0 Å². The Morgan fingerprint density at radius 1 is 1.23 bits per heavy atom. The van der Waals surface area contributed by atoms with Gasteiger partial charge in [-0.05, 0) is 61.6 Å². The van der Waals surface area contributed by atoms with Gasteiger partial charge in [-0.25, -0.2) is 9.07 Å². The van der Waals surface area contributed by atoms with Crippen molar-refractivity contribution in [1.82, 2.24) is 14.7 Å². The topological polar surface area (TPSA) is 92.4 Å². The molecule has 1 aromatic heterocycles. The maximum atomic E-state index is 16.1. The maximum absolute atomic E-state index is 16.1. The summed E-state index contributed by atoms with van der Waals surface area (Å²) < 4.78 is 29.6. The van der Waals surface area contributed by atoms with E-state index in [9.17, 15) is 10.1 Å². The third-order valence-electron chi connectivity index (χ3n) is 9.11. The molecule has 1 saturated carbocycles. The summed E-state index contributed by atoms with van der Waals surface area (Å²) in [5.41, 5.74) is 0.559. The second kappa shape index (κ2) is 10.4. The van der Waals surface area contributed by atoms with Gasteiger partial charge in [0.1, 0.15) is 35.3 Å². The van der Waals surface area contributed by atoms with Gasteiger partial charge in [0.05, 0.1) is 35.2 Å². The standard InChI is InChI=1S/C32H28Cl2FN5O3/c1-32(31(41)37-20-6-3-5-19(33)12-20)27(21-7-4-8-23(34)28(21)35)29-25(39(32)15-17-9-10-17)16-43-30-22-11-18(14-36)26(42-2)13-24(22)38-40(29)30/h3-8,11-13,17,25,27,29H,9-10,15-16H2,1-2H3,(H,37,41)/t25-,27-,29+,32+/m0/s1. The molecule has 2 aliphatic heterocycles. The zero-order chi connectivity index (χ0) is 30.0. The molecule has 0 spiro atoms. The lowest BCUT2D eigenvalue weighted by Crippen LogP contribution is -2.57. The molecule has 43 heavy (non-hydrogen) atoms. The van der Waals surface area contributed by atoms with E-state index in [4.69, 9.17) is 37.8 Å². The Morgan fingerprint density at radius 3 is 2.74 bits per heavy atom. The van der Waals surface area contributed by atoms with Crippen molar-refractivity contribution in [1.29, 1.82) is 5.26 Å². The summed E-state index contributed by atoms with van der Waals surface area (Å²) >= 11 is 12.6. The zero-order valence-electron chi connectivity index (χ0n) is 23.5. The van der Waals surface area contributed by atoms with Gasteiger partial charge in [0.15, 0.2) is 0 Å². The number of hydrogen-bond donors (Lipinski definition) is 1. The number of carbonyl (C=O) groups is 1. The Morgan fingerprint density at radius 2 is 2.02 bits per heavy atom. The molecule has 3 heterocycles. The van der Waals surface area contributed by atoms with Gasteiger partial charge < -0.3 is 14.8 Å². The molecule has 1 N–H and O–H groups in total. The quantitative estimate of drug-likeness (QED) is 0.262. The summed E-state index contributed by atoms with van der Waals surface area (Å²) in [5.74, 6) is -0.284. The second-order valence-electron chi connectivity index (χ2n) is 11.6. The molecule has 1 saturated heterocycles. The number of fused-ring (bicyclic) bond motifs is 5. The lowest BCUT2D eigenvalue weighted by molar-refractivity contribution is -0.127. The van der Waals surface area contributed by atoms with Gasteiger partial charge in [0, 0.05) is 29.2 Å². The zero-order valence-corrected chi connectivity index (χ0v) is 25.0. The molecular weight excluding hydrogens is 592 g/mol. The highest BCUT2D eigenvalue weighted by molar-refractivity contribution is 6.31. The molecule has 1 amide bonds. The molecule has 2 fully saturated rings. The summed E-state index contributed by atoms with van der Waals surface area (Å²) in [7, 11) is 1.50. The van der Waals surface area contributed by atoms with Crippen LogP contribution in [0, 0.1) is 23.1 Å². The van der Waals surface area contributed by atoms with Crippen LogP contribution in [-0.4, -0.2) is 52.4 Å². The van der Waals surface area contributed by atoms with Gasteiger partial charge in [0.25, 0.3) is 0 Å². The van der Waals surface area contributed by atoms with Gasteiger partial charge in [-0.2, -0.15) is 10.4 Å². The Bertz CT molecular complexity index is 1820. The van der Waals surface area contributed by atoms with E-state index < -0.39 is 23.3 Å². The smallest absolute Gasteiger partial charge is 0.245 e. The van der Waals surface area contributed by atoms with Gasteiger partial charge in [-0.3, -0.25) is 9.69 Å². The predicted octanol–water partition coefficient (Wildman–Crippen LogP) is 6.57. The van der Waals surface area contributed by atoms with Crippen molar-refractivity contribution in [2.24, 2.45) is 5.92 Å². The highest BCUT2D eigenvalue weighted by Crippen LogP contribution is 2.57. The molecule has 8 nitrogen and oxygen atoms in total. The molecule has 0 radical (unpaired) electrons. The van der Waals surface area contributed by atoms with Gasteiger partial charge in [-0.15, -0.1) is 0 Å². The van der Waals surface area contributed by atoms with Crippen molar-refractivity contribution in [2.75, 3.05) is 25.6 Å². The van der Waals surface area contributed by atoms with E-state index in [-0.39, 0.29) is 23.6 Å². The second-order valence-corrected chi connectivity index (χ2v) is 12.5. The number of nitrogens with one attached hydrogen (secondary N) is 1. The predicted molar refractivity (Wildman–Crippen MR) is 161 cm³/mol. The molecule has 3 aromatic carbocycles. The van der Waals surface area contributed by atoms with E-state index in [2.05, 4.69) is 16.3 Å². The molecule has 3 aliphatic rings. The number of carbonyl (C=O) groups excluding carboxylic acids is 1. The fraction of sp³-hybridized carbons (Fsp3) is 0.344.